The van der Waals surface area contributed by atoms with Crippen LogP contribution in [0.25, 0.3) is 0 Å². The van der Waals surface area contributed by atoms with Gasteiger partial charge in [0.15, 0.2) is 11.5 Å². The average molecular weight is 797 g/mol. The number of aromatic nitrogens is 1. The summed E-state index contributed by atoms with van der Waals surface area (Å²) < 4.78 is 29.3. The molecule has 4 aromatic carbocycles. The number of carbonyl (C=O) groups is 2. The minimum Gasteiger partial charge on any atom is -0.493 e. The Balaban J connectivity index is 1.05. The van der Waals surface area contributed by atoms with Gasteiger partial charge in [0.2, 0.25) is 0 Å². The lowest BCUT2D eigenvalue weighted by atomic mass is 9.86. The van der Waals surface area contributed by atoms with Crippen LogP contribution in [0, 0.1) is 5.92 Å². The van der Waals surface area contributed by atoms with Gasteiger partial charge in [0.05, 0.1) is 35.9 Å². The van der Waals surface area contributed by atoms with E-state index < -0.39 is 24.2 Å². The van der Waals surface area contributed by atoms with Crippen molar-refractivity contribution in [2.24, 2.45) is 5.92 Å². The second-order valence-corrected chi connectivity index (χ2v) is 14.7. The summed E-state index contributed by atoms with van der Waals surface area (Å²) in [4.78, 5) is 33.5. The van der Waals surface area contributed by atoms with E-state index in [1.807, 2.05) is 60.7 Å². The highest BCUT2D eigenvalue weighted by Crippen LogP contribution is 2.36. The first-order valence-electron chi connectivity index (χ1n) is 18.5. The topological polar surface area (TPSA) is 108 Å². The van der Waals surface area contributed by atoms with Crippen molar-refractivity contribution in [1.29, 1.82) is 0 Å². The maximum absolute atomic E-state index is 13.8. The lowest BCUT2D eigenvalue weighted by Gasteiger charge is -2.43. The molecule has 2 bridgehead atoms. The fourth-order valence-corrected chi connectivity index (χ4v) is 7.89. The van der Waals surface area contributed by atoms with E-state index in [2.05, 4.69) is 15.2 Å². The van der Waals surface area contributed by atoms with Gasteiger partial charge in [-0.1, -0.05) is 83.9 Å². The predicted molar refractivity (Wildman–Crippen MR) is 214 cm³/mol. The summed E-state index contributed by atoms with van der Waals surface area (Å²) >= 11 is 13.0. The molecule has 3 saturated heterocycles. The van der Waals surface area contributed by atoms with E-state index in [0.717, 1.165) is 49.2 Å². The number of nitrogens with zero attached hydrogens (tertiary/aromatic N) is 2. The maximum atomic E-state index is 13.8. The van der Waals surface area contributed by atoms with Crippen molar-refractivity contribution in [3.05, 3.63) is 153 Å². The molecule has 1 aromatic heterocycles. The van der Waals surface area contributed by atoms with Crippen LogP contribution in [0.4, 0.5) is 4.79 Å². The largest absolute Gasteiger partial charge is 0.493 e. The number of esters is 1. The summed E-state index contributed by atoms with van der Waals surface area (Å²) in [6.07, 6.45) is 3.99. The third-order valence-electron chi connectivity index (χ3n) is 10.4. The number of ether oxygens (including phenoxy) is 5. The highest BCUT2D eigenvalue weighted by Gasteiger charge is 2.37. The van der Waals surface area contributed by atoms with Crippen molar-refractivity contribution in [2.45, 2.75) is 44.1 Å². The third kappa shape index (κ3) is 9.38. The van der Waals surface area contributed by atoms with Crippen LogP contribution in [-0.2, 0) is 22.5 Å². The van der Waals surface area contributed by atoms with Gasteiger partial charge in [-0.2, -0.15) is 0 Å². The van der Waals surface area contributed by atoms with Gasteiger partial charge in [-0.3, -0.25) is 9.88 Å². The van der Waals surface area contributed by atoms with Gasteiger partial charge in [0.25, 0.3) is 0 Å². The maximum Gasteiger partial charge on any atom is 0.408 e. The summed E-state index contributed by atoms with van der Waals surface area (Å²) in [6, 6.07) is 29.4. The molecule has 3 fully saturated rings. The van der Waals surface area contributed by atoms with Crippen molar-refractivity contribution in [2.75, 3.05) is 33.9 Å². The summed E-state index contributed by atoms with van der Waals surface area (Å²) in [5, 5.41) is 3.84. The Labute approximate surface area is 336 Å². The zero-order valence-corrected chi connectivity index (χ0v) is 32.7. The smallest absolute Gasteiger partial charge is 0.408 e. The van der Waals surface area contributed by atoms with Crippen LogP contribution in [0.15, 0.2) is 109 Å². The molecule has 0 spiro atoms. The fraction of sp³-hybridized carbons (Fsp3) is 0.295. The van der Waals surface area contributed by atoms with E-state index in [4.69, 9.17) is 46.9 Å². The van der Waals surface area contributed by atoms with Gasteiger partial charge < -0.3 is 29.0 Å². The lowest BCUT2D eigenvalue weighted by molar-refractivity contribution is -0.0336. The Morgan fingerprint density at radius 2 is 1.55 bits per heavy atom. The monoisotopic (exact) mass is 795 g/mol. The molecule has 3 aliphatic heterocycles. The number of hydrogen-bond donors (Lipinski definition) is 1. The second-order valence-electron chi connectivity index (χ2n) is 13.9. The molecule has 0 aliphatic carbocycles. The number of carbonyl (C=O) groups excluding carboxylic acids is 2. The van der Waals surface area contributed by atoms with Crippen LogP contribution in [-0.4, -0.2) is 61.9 Å². The number of pyridine rings is 1. The van der Waals surface area contributed by atoms with Crippen molar-refractivity contribution in [3.63, 3.8) is 0 Å². The second kappa shape index (κ2) is 18.1. The number of piperidine rings is 3. The molecule has 0 saturated carbocycles. The van der Waals surface area contributed by atoms with Crippen LogP contribution in [0.5, 0.6) is 17.2 Å². The fourth-order valence-electron chi connectivity index (χ4n) is 7.37. The minimum atomic E-state index is -0.777. The number of halogens is 2. The number of fused-ring (bicyclic) bond motifs is 3. The highest BCUT2D eigenvalue weighted by molar-refractivity contribution is 6.35. The van der Waals surface area contributed by atoms with Gasteiger partial charge in [-0.25, -0.2) is 9.59 Å². The molecule has 10 nitrogen and oxygen atoms in total. The zero-order valence-electron chi connectivity index (χ0n) is 31.2. The molecule has 4 heterocycles. The number of methoxy groups -OCH3 is 2. The molecule has 56 heavy (non-hydrogen) atoms. The molecular formula is C44H43Cl2N3O7. The summed E-state index contributed by atoms with van der Waals surface area (Å²) in [7, 11) is 3.09. The number of benzene rings is 4. The minimum absolute atomic E-state index is 0.105. The zero-order chi connectivity index (χ0) is 39.0. The number of rotatable bonds is 14. The number of nitrogens with one attached hydrogen (secondary N) is 1. The first-order chi connectivity index (χ1) is 27.3. The molecule has 3 aliphatic rings. The van der Waals surface area contributed by atoms with Crippen molar-refractivity contribution in [1.82, 2.24) is 15.2 Å². The van der Waals surface area contributed by atoms with Gasteiger partial charge in [-0.05, 0) is 96.1 Å². The highest BCUT2D eigenvalue weighted by atomic mass is 35.5. The first kappa shape index (κ1) is 39.0. The summed E-state index contributed by atoms with van der Waals surface area (Å²) in [6.45, 7) is 3.10. The van der Waals surface area contributed by atoms with Crippen LogP contribution in [0.1, 0.15) is 63.2 Å². The first-order valence-corrected chi connectivity index (χ1v) is 19.3. The Hall–Kier alpha value is -5.29. The van der Waals surface area contributed by atoms with E-state index in [9.17, 15) is 9.59 Å². The van der Waals surface area contributed by atoms with E-state index in [1.165, 1.54) is 19.5 Å². The molecule has 1 N–H and O–H groups in total. The van der Waals surface area contributed by atoms with Gasteiger partial charge in [0, 0.05) is 25.4 Å². The molecule has 5 aromatic rings. The number of alkyl carbamates (subject to hydrolysis) is 1. The van der Waals surface area contributed by atoms with Crippen LogP contribution in [0.3, 0.4) is 0 Å². The number of hydrogen-bond acceptors (Lipinski definition) is 9. The van der Waals surface area contributed by atoms with Crippen LogP contribution in [0.2, 0.25) is 10.0 Å². The Bertz CT molecular complexity index is 2120. The molecule has 1 amide bonds. The molecule has 0 radical (unpaired) electrons. The molecule has 12 heteroatoms. The van der Waals surface area contributed by atoms with Crippen LogP contribution < -0.4 is 19.5 Å². The van der Waals surface area contributed by atoms with E-state index in [-0.39, 0.29) is 19.1 Å². The third-order valence-corrected chi connectivity index (χ3v) is 11.0. The summed E-state index contributed by atoms with van der Waals surface area (Å²) in [5.41, 5.74) is 4.11. The predicted octanol–water partition coefficient (Wildman–Crippen LogP) is 9.04. The molecule has 8 rings (SSSR count). The SMILES string of the molecule is COc1ccc(C(Cc2c(Cl)cncc2Cl)OC(=O)c2cccc(COc3cccc(C(NC(=O)O[C@H]4CN5CCC4CC5)c4ccccc4)c3)c2)cc1OC. The molecule has 2 unspecified atom stereocenters. The van der Waals surface area contributed by atoms with E-state index in [0.29, 0.717) is 49.9 Å². The Morgan fingerprint density at radius 3 is 2.27 bits per heavy atom. The van der Waals surface area contributed by atoms with E-state index in [1.54, 1.807) is 43.5 Å². The van der Waals surface area contributed by atoms with Gasteiger partial charge in [0.1, 0.15) is 24.6 Å². The van der Waals surface area contributed by atoms with Crippen molar-refractivity contribution in [3.8, 4) is 17.2 Å². The van der Waals surface area contributed by atoms with Gasteiger partial charge >= 0.3 is 12.1 Å². The number of amides is 1. The Morgan fingerprint density at radius 1 is 0.821 bits per heavy atom. The summed E-state index contributed by atoms with van der Waals surface area (Å²) in [5.74, 6) is 1.48. The standard InChI is InChI=1S/C44H43Cl2N3O7/c1-52-38-15-14-31(22-40(38)53-2)39(23-35-36(45)24-47-25-37(35)46)55-43(50)33-12-6-8-28(20-33)27-54-34-13-7-11-32(21-34)42(30-9-4-3-5-10-30)48-44(51)56-41-26-49-18-16-29(41)17-19-49/h3-15,20-22,24-25,29,39,41-42H,16-19,23,26-27H2,1-2H3,(H,48,51)/t39?,41-,42?/m0/s1. The van der Waals surface area contributed by atoms with Crippen LogP contribution >= 0.6 is 23.2 Å². The van der Waals surface area contributed by atoms with E-state index >= 15 is 0 Å². The van der Waals surface area contributed by atoms with Crippen molar-refractivity contribution < 1.29 is 33.3 Å². The normalized spacial score (nSPS) is 18.3. The molecule has 290 valence electrons. The van der Waals surface area contributed by atoms with Crippen molar-refractivity contribution >= 4 is 35.3 Å². The Kier molecular flexibility index (Phi) is 12.6. The lowest BCUT2D eigenvalue weighted by Crippen LogP contribution is -2.52. The average Bonchev–Trinajstić information content (AvgIpc) is 3.23. The quantitative estimate of drug-likeness (QED) is 0.110. The van der Waals surface area contributed by atoms with Gasteiger partial charge in [-0.15, -0.1) is 0 Å². The molecule has 3 atom stereocenters. The molecular weight excluding hydrogens is 753 g/mol.